The molecule has 0 radical (unpaired) electrons. The van der Waals surface area contributed by atoms with Crippen molar-refractivity contribution in [1.29, 1.82) is 0 Å². The Labute approximate surface area is 117 Å². The van der Waals surface area contributed by atoms with Gasteiger partial charge in [0.2, 0.25) is 0 Å². The fraction of sp³-hybridized carbons (Fsp3) is 0.438. The zero-order valence-corrected chi connectivity index (χ0v) is 11.6. The Bertz CT molecular complexity index is 611. The van der Waals surface area contributed by atoms with Crippen LogP contribution in [0.25, 0.3) is 11.3 Å². The molecule has 1 aliphatic carbocycles. The summed E-state index contributed by atoms with van der Waals surface area (Å²) in [5, 5.41) is 4.56. The van der Waals surface area contributed by atoms with Crippen LogP contribution >= 0.6 is 0 Å². The van der Waals surface area contributed by atoms with Gasteiger partial charge in [-0.2, -0.15) is 5.10 Å². The van der Waals surface area contributed by atoms with Crippen LogP contribution in [0.1, 0.15) is 36.9 Å². The molecule has 0 fully saturated rings. The van der Waals surface area contributed by atoms with Crippen molar-refractivity contribution in [3.63, 3.8) is 0 Å². The lowest BCUT2D eigenvalue weighted by Gasteiger charge is -2.11. The molecule has 0 saturated carbocycles. The largest absolute Gasteiger partial charge is 0.267 e. The number of aryl methyl sites for hydroxylation is 2. The van der Waals surface area contributed by atoms with E-state index in [2.05, 4.69) is 5.10 Å². The highest BCUT2D eigenvalue weighted by molar-refractivity contribution is 5.65. The fourth-order valence-corrected chi connectivity index (χ4v) is 3.09. The van der Waals surface area contributed by atoms with Crippen molar-refractivity contribution in [1.82, 2.24) is 9.78 Å². The van der Waals surface area contributed by atoms with Crippen LogP contribution < -0.4 is 0 Å². The lowest BCUT2D eigenvalue weighted by atomic mass is 9.95. The molecule has 106 valence electrons. The van der Waals surface area contributed by atoms with Crippen molar-refractivity contribution >= 4 is 0 Å². The molecule has 0 bridgehead atoms. The first-order valence-corrected chi connectivity index (χ1v) is 7.16. The molecule has 3 rings (SSSR count). The highest BCUT2D eigenvalue weighted by atomic mass is 19.1. The Hall–Kier alpha value is -1.71. The van der Waals surface area contributed by atoms with E-state index in [0.29, 0.717) is 5.56 Å². The second-order valence-corrected chi connectivity index (χ2v) is 5.47. The SMILES string of the molecule is Cn1nc2c(c1-c1cc(F)cc(F)c1)CCCCCC2. The average molecular weight is 276 g/mol. The molecule has 1 aromatic carbocycles. The van der Waals surface area contributed by atoms with E-state index in [1.165, 1.54) is 25.0 Å². The quantitative estimate of drug-likeness (QED) is 0.769. The molecule has 0 saturated heterocycles. The number of benzene rings is 1. The second kappa shape index (κ2) is 5.35. The van der Waals surface area contributed by atoms with E-state index in [0.717, 1.165) is 48.7 Å². The van der Waals surface area contributed by atoms with Gasteiger partial charge in [-0.15, -0.1) is 0 Å². The molecule has 1 heterocycles. The first kappa shape index (κ1) is 13.3. The second-order valence-electron chi connectivity index (χ2n) is 5.47. The molecule has 1 aromatic heterocycles. The number of fused-ring (bicyclic) bond motifs is 1. The van der Waals surface area contributed by atoms with E-state index in [-0.39, 0.29) is 0 Å². The minimum absolute atomic E-state index is 0.541. The van der Waals surface area contributed by atoms with Gasteiger partial charge in [0.05, 0.1) is 11.4 Å². The van der Waals surface area contributed by atoms with E-state index in [1.807, 2.05) is 7.05 Å². The maximum Gasteiger partial charge on any atom is 0.126 e. The summed E-state index contributed by atoms with van der Waals surface area (Å²) in [6, 6.07) is 3.68. The van der Waals surface area contributed by atoms with E-state index >= 15 is 0 Å². The Kier molecular flexibility index (Phi) is 3.55. The lowest BCUT2D eigenvalue weighted by Crippen LogP contribution is -1.99. The van der Waals surface area contributed by atoms with Crippen molar-refractivity contribution in [3.8, 4) is 11.3 Å². The Morgan fingerprint density at radius 1 is 0.950 bits per heavy atom. The van der Waals surface area contributed by atoms with Gasteiger partial charge in [0, 0.05) is 24.2 Å². The van der Waals surface area contributed by atoms with Crippen LogP contribution in [0.5, 0.6) is 0 Å². The van der Waals surface area contributed by atoms with E-state index in [9.17, 15) is 8.78 Å². The zero-order chi connectivity index (χ0) is 14.1. The molecular formula is C16H18F2N2. The maximum atomic E-state index is 13.5. The van der Waals surface area contributed by atoms with Crippen molar-refractivity contribution in [2.24, 2.45) is 7.05 Å². The third-order valence-corrected chi connectivity index (χ3v) is 3.95. The van der Waals surface area contributed by atoms with Crippen molar-refractivity contribution in [2.75, 3.05) is 0 Å². The van der Waals surface area contributed by atoms with Crippen LogP contribution in [-0.2, 0) is 19.9 Å². The molecule has 1 aliphatic rings. The minimum atomic E-state index is -0.541. The average Bonchev–Trinajstić information content (AvgIpc) is 2.64. The van der Waals surface area contributed by atoms with E-state index < -0.39 is 11.6 Å². The Balaban J connectivity index is 2.12. The van der Waals surface area contributed by atoms with Gasteiger partial charge in [-0.05, 0) is 37.8 Å². The Morgan fingerprint density at radius 2 is 1.60 bits per heavy atom. The predicted molar refractivity (Wildman–Crippen MR) is 74.4 cm³/mol. The van der Waals surface area contributed by atoms with Crippen molar-refractivity contribution < 1.29 is 8.78 Å². The molecule has 20 heavy (non-hydrogen) atoms. The molecule has 0 amide bonds. The molecule has 0 atom stereocenters. The van der Waals surface area contributed by atoms with Gasteiger partial charge in [-0.25, -0.2) is 8.78 Å². The van der Waals surface area contributed by atoms with Crippen molar-refractivity contribution in [2.45, 2.75) is 38.5 Å². The molecule has 0 unspecified atom stereocenters. The van der Waals surface area contributed by atoms with E-state index in [4.69, 9.17) is 0 Å². The van der Waals surface area contributed by atoms with Gasteiger partial charge in [-0.3, -0.25) is 4.68 Å². The van der Waals surface area contributed by atoms with Gasteiger partial charge in [0.25, 0.3) is 0 Å². The molecule has 2 nitrogen and oxygen atoms in total. The van der Waals surface area contributed by atoms with Crippen LogP contribution in [-0.4, -0.2) is 9.78 Å². The number of hydrogen-bond donors (Lipinski definition) is 0. The normalized spacial score (nSPS) is 15.6. The number of rotatable bonds is 1. The van der Waals surface area contributed by atoms with Gasteiger partial charge in [0.15, 0.2) is 0 Å². The number of nitrogens with zero attached hydrogens (tertiary/aromatic N) is 2. The third kappa shape index (κ3) is 2.47. The summed E-state index contributed by atoms with van der Waals surface area (Å²) in [6.45, 7) is 0. The summed E-state index contributed by atoms with van der Waals surface area (Å²) >= 11 is 0. The maximum absolute atomic E-state index is 13.5. The fourth-order valence-electron chi connectivity index (χ4n) is 3.09. The smallest absolute Gasteiger partial charge is 0.126 e. The summed E-state index contributed by atoms with van der Waals surface area (Å²) in [7, 11) is 1.85. The molecule has 0 aliphatic heterocycles. The third-order valence-electron chi connectivity index (χ3n) is 3.95. The van der Waals surface area contributed by atoms with E-state index in [1.54, 1.807) is 4.68 Å². The standard InChI is InChI=1S/C16H18F2N2/c1-20-16(11-8-12(17)10-13(18)9-11)14-6-4-2-3-5-7-15(14)19-20/h8-10H,2-7H2,1H3. The van der Waals surface area contributed by atoms with Crippen molar-refractivity contribution in [3.05, 3.63) is 41.1 Å². The number of halogens is 2. The minimum Gasteiger partial charge on any atom is -0.267 e. The summed E-state index contributed by atoms with van der Waals surface area (Å²) in [4.78, 5) is 0. The first-order chi connectivity index (χ1) is 9.65. The molecule has 0 N–H and O–H groups in total. The van der Waals surface area contributed by atoms with Crippen LogP contribution in [0.15, 0.2) is 18.2 Å². The summed E-state index contributed by atoms with van der Waals surface area (Å²) < 4.78 is 28.7. The number of hydrogen-bond acceptors (Lipinski definition) is 1. The molecule has 0 spiro atoms. The van der Waals surface area contributed by atoms with Crippen LogP contribution in [0.3, 0.4) is 0 Å². The summed E-state index contributed by atoms with van der Waals surface area (Å²) in [5.41, 5.74) is 3.70. The lowest BCUT2D eigenvalue weighted by molar-refractivity contribution is 0.583. The van der Waals surface area contributed by atoms with Gasteiger partial charge >= 0.3 is 0 Å². The highest BCUT2D eigenvalue weighted by Gasteiger charge is 2.19. The number of aromatic nitrogens is 2. The molecule has 4 heteroatoms. The first-order valence-electron chi connectivity index (χ1n) is 7.16. The highest BCUT2D eigenvalue weighted by Crippen LogP contribution is 2.31. The predicted octanol–water partition coefficient (Wildman–Crippen LogP) is 4.02. The van der Waals surface area contributed by atoms with Crippen LogP contribution in [0.4, 0.5) is 8.78 Å². The summed E-state index contributed by atoms with van der Waals surface area (Å²) in [5.74, 6) is -1.08. The molecular weight excluding hydrogens is 258 g/mol. The van der Waals surface area contributed by atoms with Gasteiger partial charge in [0.1, 0.15) is 11.6 Å². The monoisotopic (exact) mass is 276 g/mol. The topological polar surface area (TPSA) is 17.8 Å². The zero-order valence-electron chi connectivity index (χ0n) is 11.6. The van der Waals surface area contributed by atoms with Gasteiger partial charge < -0.3 is 0 Å². The van der Waals surface area contributed by atoms with Crippen LogP contribution in [0.2, 0.25) is 0 Å². The molecule has 2 aromatic rings. The summed E-state index contributed by atoms with van der Waals surface area (Å²) in [6.07, 6.45) is 6.60. The van der Waals surface area contributed by atoms with Crippen LogP contribution in [0, 0.1) is 11.6 Å². The van der Waals surface area contributed by atoms with Gasteiger partial charge in [-0.1, -0.05) is 12.8 Å². The Morgan fingerprint density at radius 3 is 2.30 bits per heavy atom.